The lowest BCUT2D eigenvalue weighted by Crippen LogP contribution is -1.83. The first-order chi connectivity index (χ1) is 6.24. The molecule has 1 aromatic rings. The number of aryl methyl sites for hydroxylation is 1. The Balaban J connectivity index is 2.81. The molecule has 1 aromatic carbocycles. The maximum Gasteiger partial charge on any atom is 0.130 e. The van der Waals surface area contributed by atoms with Gasteiger partial charge in [0.1, 0.15) is 5.82 Å². The van der Waals surface area contributed by atoms with Gasteiger partial charge in [-0.2, -0.15) is 0 Å². The second-order valence-electron chi connectivity index (χ2n) is 2.90. The van der Waals surface area contributed by atoms with Crippen LogP contribution in [0.3, 0.4) is 0 Å². The molecule has 0 amide bonds. The van der Waals surface area contributed by atoms with E-state index in [-0.39, 0.29) is 5.82 Å². The van der Waals surface area contributed by atoms with E-state index in [9.17, 15) is 4.39 Å². The minimum absolute atomic E-state index is 0.184. The zero-order chi connectivity index (χ0) is 9.68. The summed E-state index contributed by atoms with van der Waals surface area (Å²) in [7, 11) is 0. The fraction of sp³-hybridized carbons (Fsp3) is 0.273. The van der Waals surface area contributed by atoms with Gasteiger partial charge in [0.05, 0.1) is 0 Å². The SMILES string of the molecule is Cc1ccc(F)c(C=CCCCl)c1. The molecule has 0 saturated heterocycles. The van der Waals surface area contributed by atoms with Gasteiger partial charge in [-0.15, -0.1) is 11.6 Å². The van der Waals surface area contributed by atoms with Gasteiger partial charge < -0.3 is 0 Å². The lowest BCUT2D eigenvalue weighted by molar-refractivity contribution is 0.624. The lowest BCUT2D eigenvalue weighted by atomic mass is 10.1. The smallest absolute Gasteiger partial charge is 0.130 e. The fourth-order valence-electron chi connectivity index (χ4n) is 1.06. The summed E-state index contributed by atoms with van der Waals surface area (Å²) < 4.78 is 13.1. The van der Waals surface area contributed by atoms with Crippen molar-refractivity contribution in [1.29, 1.82) is 0 Å². The Kier molecular flexibility index (Phi) is 3.97. The van der Waals surface area contributed by atoms with Gasteiger partial charge in [0.15, 0.2) is 0 Å². The van der Waals surface area contributed by atoms with Crippen LogP contribution in [0.5, 0.6) is 0 Å². The van der Waals surface area contributed by atoms with Crippen LogP contribution >= 0.6 is 11.6 Å². The highest BCUT2D eigenvalue weighted by Crippen LogP contribution is 2.11. The molecule has 0 heterocycles. The van der Waals surface area contributed by atoms with Crippen molar-refractivity contribution in [1.82, 2.24) is 0 Å². The van der Waals surface area contributed by atoms with Gasteiger partial charge in [-0.3, -0.25) is 0 Å². The third-order valence-electron chi connectivity index (χ3n) is 1.72. The van der Waals surface area contributed by atoms with Crippen LogP contribution < -0.4 is 0 Å². The third-order valence-corrected chi connectivity index (χ3v) is 1.94. The average molecular weight is 199 g/mol. The second kappa shape index (κ2) is 5.03. The highest BCUT2D eigenvalue weighted by atomic mass is 35.5. The number of hydrogen-bond donors (Lipinski definition) is 0. The Morgan fingerprint density at radius 3 is 2.92 bits per heavy atom. The van der Waals surface area contributed by atoms with E-state index in [0.29, 0.717) is 11.4 Å². The largest absolute Gasteiger partial charge is 0.206 e. The molecule has 0 aliphatic rings. The predicted molar refractivity (Wildman–Crippen MR) is 55.5 cm³/mol. The van der Waals surface area contributed by atoms with Crippen molar-refractivity contribution in [2.45, 2.75) is 13.3 Å². The minimum atomic E-state index is -0.184. The molecule has 0 aliphatic carbocycles. The number of allylic oxidation sites excluding steroid dienone is 1. The number of hydrogen-bond acceptors (Lipinski definition) is 0. The van der Waals surface area contributed by atoms with E-state index in [1.54, 1.807) is 12.1 Å². The molecule has 0 aliphatic heterocycles. The molecule has 0 fully saturated rings. The molecule has 0 atom stereocenters. The first-order valence-electron chi connectivity index (χ1n) is 4.22. The van der Waals surface area contributed by atoms with E-state index in [0.717, 1.165) is 12.0 Å². The molecule has 0 spiro atoms. The first-order valence-corrected chi connectivity index (χ1v) is 4.76. The molecule has 0 nitrogen and oxygen atoms in total. The van der Waals surface area contributed by atoms with E-state index in [1.807, 2.05) is 19.1 Å². The molecule has 0 aromatic heterocycles. The van der Waals surface area contributed by atoms with Gasteiger partial charge >= 0.3 is 0 Å². The molecule has 2 heteroatoms. The van der Waals surface area contributed by atoms with E-state index < -0.39 is 0 Å². The number of rotatable bonds is 3. The third kappa shape index (κ3) is 3.19. The molecule has 1 rings (SSSR count). The molecular weight excluding hydrogens is 187 g/mol. The highest BCUT2D eigenvalue weighted by Gasteiger charge is 1.96. The predicted octanol–water partition coefficient (Wildman–Crippen LogP) is 3.78. The maximum absolute atomic E-state index is 13.1. The second-order valence-corrected chi connectivity index (χ2v) is 3.28. The Hall–Kier alpha value is -0.820. The number of alkyl halides is 1. The highest BCUT2D eigenvalue weighted by molar-refractivity contribution is 6.17. The van der Waals surface area contributed by atoms with Crippen molar-refractivity contribution in [2.24, 2.45) is 0 Å². The monoisotopic (exact) mass is 198 g/mol. The lowest BCUT2D eigenvalue weighted by Gasteiger charge is -1.97. The van der Waals surface area contributed by atoms with E-state index >= 15 is 0 Å². The van der Waals surface area contributed by atoms with Crippen LogP contribution in [0.25, 0.3) is 6.08 Å². The van der Waals surface area contributed by atoms with Gasteiger partial charge in [-0.1, -0.05) is 23.8 Å². The minimum Gasteiger partial charge on any atom is -0.206 e. The number of halogens is 2. The van der Waals surface area contributed by atoms with Crippen LogP contribution in [0.1, 0.15) is 17.5 Å². The Labute approximate surface area is 83.0 Å². The molecule has 70 valence electrons. The van der Waals surface area contributed by atoms with Crippen LogP contribution in [0.2, 0.25) is 0 Å². The maximum atomic E-state index is 13.1. The normalized spacial score (nSPS) is 11.0. The summed E-state index contributed by atoms with van der Waals surface area (Å²) in [6.07, 6.45) is 4.42. The van der Waals surface area contributed by atoms with Crippen LogP contribution in [0.15, 0.2) is 24.3 Å². The molecule has 0 saturated carbocycles. The van der Waals surface area contributed by atoms with E-state index in [2.05, 4.69) is 0 Å². The van der Waals surface area contributed by atoms with Gasteiger partial charge in [0, 0.05) is 11.4 Å². The van der Waals surface area contributed by atoms with Crippen molar-refractivity contribution >= 4 is 17.7 Å². The van der Waals surface area contributed by atoms with Crippen molar-refractivity contribution in [3.8, 4) is 0 Å². The van der Waals surface area contributed by atoms with Crippen molar-refractivity contribution in [2.75, 3.05) is 5.88 Å². The molecule has 0 bridgehead atoms. The molecule has 13 heavy (non-hydrogen) atoms. The molecule has 0 radical (unpaired) electrons. The summed E-state index contributed by atoms with van der Waals surface area (Å²) in [5.41, 5.74) is 1.69. The summed E-state index contributed by atoms with van der Waals surface area (Å²) in [6.45, 7) is 1.94. The summed E-state index contributed by atoms with van der Waals surface area (Å²) in [6, 6.07) is 5.06. The van der Waals surface area contributed by atoms with Crippen molar-refractivity contribution in [3.63, 3.8) is 0 Å². The summed E-state index contributed by atoms with van der Waals surface area (Å²) >= 11 is 5.49. The quantitative estimate of drug-likeness (QED) is 0.649. The fourth-order valence-corrected chi connectivity index (χ4v) is 1.19. The van der Waals surface area contributed by atoms with E-state index in [4.69, 9.17) is 11.6 Å². The van der Waals surface area contributed by atoms with Gasteiger partial charge in [-0.05, 0) is 25.5 Å². The van der Waals surface area contributed by atoms with Crippen LogP contribution in [0, 0.1) is 12.7 Å². The standard InChI is InChI=1S/C11H12ClF/c1-9-5-6-11(13)10(8-9)4-2-3-7-12/h2,4-6,8H,3,7H2,1H3. The molecule has 0 unspecified atom stereocenters. The summed E-state index contributed by atoms with van der Waals surface area (Å²) in [5, 5.41) is 0. The number of benzene rings is 1. The molecular formula is C11H12ClF. The summed E-state index contributed by atoms with van der Waals surface area (Å²) in [5.74, 6) is 0.389. The first kappa shape index (κ1) is 10.3. The van der Waals surface area contributed by atoms with Gasteiger partial charge in [-0.25, -0.2) is 4.39 Å². The van der Waals surface area contributed by atoms with Crippen molar-refractivity contribution in [3.05, 3.63) is 41.2 Å². The molecule has 0 N–H and O–H groups in total. The van der Waals surface area contributed by atoms with E-state index in [1.165, 1.54) is 6.07 Å². The van der Waals surface area contributed by atoms with Crippen LogP contribution in [0.4, 0.5) is 4.39 Å². The van der Waals surface area contributed by atoms with Crippen LogP contribution in [-0.4, -0.2) is 5.88 Å². The van der Waals surface area contributed by atoms with Gasteiger partial charge in [0.25, 0.3) is 0 Å². The summed E-state index contributed by atoms with van der Waals surface area (Å²) in [4.78, 5) is 0. The topological polar surface area (TPSA) is 0 Å². The Morgan fingerprint density at radius 2 is 2.23 bits per heavy atom. The zero-order valence-electron chi connectivity index (χ0n) is 7.56. The average Bonchev–Trinajstić information content (AvgIpc) is 2.11. The van der Waals surface area contributed by atoms with Crippen molar-refractivity contribution < 1.29 is 4.39 Å². The van der Waals surface area contributed by atoms with Gasteiger partial charge in [0.2, 0.25) is 0 Å². The Bertz CT molecular complexity index is 305. The zero-order valence-corrected chi connectivity index (χ0v) is 8.31. The Morgan fingerprint density at radius 1 is 1.46 bits per heavy atom. The van der Waals surface area contributed by atoms with Crippen LogP contribution in [-0.2, 0) is 0 Å².